The number of carbonyl (C=O) groups is 1. The van der Waals surface area contributed by atoms with Crippen LogP contribution in [0.2, 0.25) is 0 Å². The largest absolute Gasteiger partial charge is 0.573 e. The van der Waals surface area contributed by atoms with Crippen LogP contribution in [0.1, 0.15) is 10.4 Å². The molecule has 0 atom stereocenters. The van der Waals surface area contributed by atoms with Gasteiger partial charge in [-0.15, -0.1) is 13.2 Å². The first-order valence-corrected chi connectivity index (χ1v) is 4.02. The van der Waals surface area contributed by atoms with Gasteiger partial charge in [-0.1, -0.05) is 6.07 Å². The quantitative estimate of drug-likeness (QED) is 0.724. The molecule has 0 bridgehead atoms. The topological polar surface area (TPSA) is 35.5 Å². The van der Waals surface area contributed by atoms with Crippen LogP contribution in [-0.2, 0) is 0 Å². The molecule has 0 spiro atoms. The Labute approximate surface area is 82.4 Å². The van der Waals surface area contributed by atoms with Gasteiger partial charge in [0.2, 0.25) is 5.78 Å². The van der Waals surface area contributed by atoms with Crippen molar-refractivity contribution in [2.75, 3.05) is 6.61 Å². The standard InChI is InChI=1S/C9H5F3O3/c10-9(11,12)15-7-3-1-2-5-6(13)4-14-8(5)7/h1-3H,4H2. The van der Waals surface area contributed by atoms with Gasteiger partial charge in [-0.25, -0.2) is 0 Å². The second-order valence-electron chi connectivity index (χ2n) is 2.89. The SMILES string of the molecule is O=C1COc2c(OC(F)(F)F)cccc21. The molecule has 6 heteroatoms. The van der Waals surface area contributed by atoms with Crippen molar-refractivity contribution in [1.29, 1.82) is 0 Å². The second kappa shape index (κ2) is 3.15. The Morgan fingerprint density at radius 3 is 2.73 bits per heavy atom. The number of rotatable bonds is 1. The lowest BCUT2D eigenvalue weighted by Gasteiger charge is -2.11. The zero-order chi connectivity index (χ0) is 11.1. The first kappa shape index (κ1) is 9.82. The Balaban J connectivity index is 2.38. The van der Waals surface area contributed by atoms with E-state index in [-0.39, 0.29) is 23.7 Å². The maximum absolute atomic E-state index is 11.9. The second-order valence-corrected chi connectivity index (χ2v) is 2.89. The molecule has 1 aromatic rings. The van der Waals surface area contributed by atoms with E-state index < -0.39 is 12.1 Å². The number of carbonyl (C=O) groups excluding carboxylic acids is 1. The summed E-state index contributed by atoms with van der Waals surface area (Å²) in [4.78, 5) is 11.1. The van der Waals surface area contributed by atoms with Crippen molar-refractivity contribution in [2.45, 2.75) is 6.36 Å². The summed E-state index contributed by atoms with van der Waals surface area (Å²) in [6.45, 7) is -0.242. The molecule has 0 aliphatic carbocycles. The number of alkyl halides is 3. The number of halogens is 3. The highest BCUT2D eigenvalue weighted by atomic mass is 19.4. The minimum absolute atomic E-state index is 0.122. The van der Waals surface area contributed by atoms with Crippen molar-refractivity contribution in [3.8, 4) is 11.5 Å². The van der Waals surface area contributed by atoms with Crippen molar-refractivity contribution in [3.05, 3.63) is 23.8 Å². The van der Waals surface area contributed by atoms with E-state index in [1.807, 2.05) is 0 Å². The van der Waals surface area contributed by atoms with Gasteiger partial charge in [0, 0.05) is 0 Å². The maximum Gasteiger partial charge on any atom is 0.573 e. The lowest BCUT2D eigenvalue weighted by atomic mass is 10.1. The van der Waals surface area contributed by atoms with Crippen molar-refractivity contribution < 1.29 is 27.4 Å². The van der Waals surface area contributed by atoms with Gasteiger partial charge in [0.25, 0.3) is 0 Å². The lowest BCUT2D eigenvalue weighted by molar-refractivity contribution is -0.275. The number of ketones is 1. The molecule has 80 valence electrons. The summed E-state index contributed by atoms with van der Waals surface area (Å²) in [5.74, 6) is -0.969. The van der Waals surface area contributed by atoms with Gasteiger partial charge >= 0.3 is 6.36 Å². The number of fused-ring (bicyclic) bond motifs is 1. The van der Waals surface area contributed by atoms with Crippen LogP contribution in [0.3, 0.4) is 0 Å². The van der Waals surface area contributed by atoms with Crippen molar-refractivity contribution >= 4 is 5.78 Å². The molecule has 0 radical (unpaired) electrons. The first-order chi connectivity index (χ1) is 6.97. The predicted octanol–water partition coefficient (Wildman–Crippen LogP) is 2.16. The zero-order valence-corrected chi connectivity index (χ0v) is 7.30. The monoisotopic (exact) mass is 218 g/mol. The predicted molar refractivity (Wildman–Crippen MR) is 43.0 cm³/mol. The van der Waals surface area contributed by atoms with Gasteiger partial charge in [-0.2, -0.15) is 0 Å². The lowest BCUT2D eigenvalue weighted by Crippen LogP contribution is -2.17. The fourth-order valence-corrected chi connectivity index (χ4v) is 1.30. The molecule has 15 heavy (non-hydrogen) atoms. The van der Waals surface area contributed by atoms with Gasteiger partial charge in [0.05, 0.1) is 5.56 Å². The van der Waals surface area contributed by atoms with Crippen LogP contribution in [0.15, 0.2) is 18.2 Å². The number of para-hydroxylation sites is 1. The summed E-state index contributed by atoms with van der Waals surface area (Å²) >= 11 is 0. The van der Waals surface area contributed by atoms with Crippen LogP contribution in [-0.4, -0.2) is 18.8 Å². The fraction of sp³-hybridized carbons (Fsp3) is 0.222. The van der Waals surface area contributed by atoms with Crippen LogP contribution in [0, 0.1) is 0 Å². The molecule has 0 fully saturated rings. The maximum atomic E-state index is 11.9. The molecular weight excluding hydrogens is 213 g/mol. The van der Waals surface area contributed by atoms with Crippen LogP contribution in [0.5, 0.6) is 11.5 Å². The molecule has 2 rings (SSSR count). The molecule has 0 N–H and O–H groups in total. The number of hydrogen-bond donors (Lipinski definition) is 0. The van der Waals surface area contributed by atoms with Crippen LogP contribution in [0.25, 0.3) is 0 Å². The van der Waals surface area contributed by atoms with E-state index in [0.717, 1.165) is 6.07 Å². The van der Waals surface area contributed by atoms with Gasteiger partial charge in [0.1, 0.15) is 0 Å². The normalized spacial score (nSPS) is 14.7. The van der Waals surface area contributed by atoms with E-state index in [1.54, 1.807) is 0 Å². The van der Waals surface area contributed by atoms with Crippen molar-refractivity contribution in [3.63, 3.8) is 0 Å². The van der Waals surface area contributed by atoms with Gasteiger partial charge in [0.15, 0.2) is 18.1 Å². The third kappa shape index (κ3) is 1.88. The van der Waals surface area contributed by atoms with Crippen LogP contribution in [0.4, 0.5) is 13.2 Å². The number of ether oxygens (including phenoxy) is 2. The Morgan fingerprint density at radius 1 is 1.33 bits per heavy atom. The van der Waals surface area contributed by atoms with E-state index in [2.05, 4.69) is 4.74 Å². The first-order valence-electron chi connectivity index (χ1n) is 4.02. The molecule has 1 aliphatic rings. The number of Topliss-reactive ketones (excluding diaryl/α,β-unsaturated/α-hetero) is 1. The van der Waals surface area contributed by atoms with Gasteiger partial charge in [-0.05, 0) is 12.1 Å². The molecule has 0 saturated heterocycles. The van der Waals surface area contributed by atoms with Gasteiger partial charge in [-0.3, -0.25) is 4.79 Å². The average Bonchev–Trinajstić information content (AvgIpc) is 2.47. The Kier molecular flexibility index (Phi) is 2.06. The van der Waals surface area contributed by atoms with E-state index >= 15 is 0 Å². The molecule has 0 aromatic heterocycles. The third-order valence-electron chi connectivity index (χ3n) is 1.85. The molecule has 1 aromatic carbocycles. The molecule has 0 saturated carbocycles. The average molecular weight is 218 g/mol. The Hall–Kier alpha value is -1.72. The summed E-state index contributed by atoms with van der Waals surface area (Å²) < 4.78 is 44.4. The minimum atomic E-state index is -4.79. The van der Waals surface area contributed by atoms with E-state index in [0.29, 0.717) is 0 Å². The van der Waals surface area contributed by atoms with Crippen molar-refractivity contribution in [1.82, 2.24) is 0 Å². The highest BCUT2D eigenvalue weighted by molar-refractivity contribution is 6.03. The Bertz CT molecular complexity index is 412. The minimum Gasteiger partial charge on any atom is -0.481 e. The molecule has 3 nitrogen and oxygen atoms in total. The molecular formula is C9H5F3O3. The Morgan fingerprint density at radius 2 is 2.07 bits per heavy atom. The van der Waals surface area contributed by atoms with Crippen LogP contribution >= 0.6 is 0 Å². The van der Waals surface area contributed by atoms with E-state index in [4.69, 9.17) is 4.74 Å². The zero-order valence-electron chi connectivity index (χ0n) is 7.30. The summed E-state index contributed by atoms with van der Waals surface area (Å²) in [6.07, 6.45) is -4.79. The smallest absolute Gasteiger partial charge is 0.481 e. The van der Waals surface area contributed by atoms with Crippen molar-refractivity contribution in [2.24, 2.45) is 0 Å². The molecule has 0 unspecified atom stereocenters. The summed E-state index contributed by atoms with van der Waals surface area (Å²) in [5.41, 5.74) is 0.122. The highest BCUT2D eigenvalue weighted by Gasteiger charge is 2.34. The van der Waals surface area contributed by atoms with E-state index in [9.17, 15) is 18.0 Å². The fourth-order valence-electron chi connectivity index (χ4n) is 1.30. The summed E-state index contributed by atoms with van der Waals surface area (Å²) in [6, 6.07) is 3.81. The third-order valence-corrected chi connectivity index (χ3v) is 1.85. The van der Waals surface area contributed by atoms with Crippen LogP contribution < -0.4 is 9.47 Å². The van der Waals surface area contributed by atoms with E-state index in [1.165, 1.54) is 12.1 Å². The molecule has 1 aliphatic heterocycles. The number of benzene rings is 1. The molecule has 1 heterocycles. The summed E-state index contributed by atoms with van der Waals surface area (Å²) in [5, 5.41) is 0. The highest BCUT2D eigenvalue weighted by Crippen LogP contribution is 2.38. The molecule has 0 amide bonds. The number of hydrogen-bond acceptors (Lipinski definition) is 3. The van der Waals surface area contributed by atoms with Gasteiger partial charge < -0.3 is 9.47 Å². The summed E-state index contributed by atoms with van der Waals surface area (Å²) in [7, 11) is 0.